The molecule has 2 fully saturated rings. The SMILES string of the molecule is CN(C)C(=O)c1ccc(NC(=O)CSc2nnc(N3CCCC3)n2C2CC2)cc1. The fourth-order valence-corrected chi connectivity index (χ4v) is 4.24. The van der Waals surface area contributed by atoms with Gasteiger partial charge in [-0.1, -0.05) is 11.8 Å². The highest BCUT2D eigenvalue weighted by atomic mass is 32.2. The molecule has 2 aliphatic rings. The van der Waals surface area contributed by atoms with E-state index in [2.05, 4.69) is 25.0 Å². The number of carbonyl (C=O) groups excluding carboxylic acids is 2. The van der Waals surface area contributed by atoms with E-state index in [1.54, 1.807) is 38.4 Å². The summed E-state index contributed by atoms with van der Waals surface area (Å²) in [7, 11) is 3.43. The van der Waals surface area contributed by atoms with Crippen LogP contribution >= 0.6 is 11.8 Å². The Morgan fingerprint density at radius 3 is 2.45 bits per heavy atom. The second-order valence-electron chi connectivity index (χ2n) is 7.69. The molecule has 1 saturated carbocycles. The second-order valence-corrected chi connectivity index (χ2v) is 8.63. The molecule has 29 heavy (non-hydrogen) atoms. The Hall–Kier alpha value is -2.55. The van der Waals surface area contributed by atoms with Gasteiger partial charge in [0.15, 0.2) is 5.16 Å². The molecule has 1 aromatic carbocycles. The fourth-order valence-electron chi connectivity index (χ4n) is 3.43. The summed E-state index contributed by atoms with van der Waals surface area (Å²) in [6.07, 6.45) is 4.69. The van der Waals surface area contributed by atoms with Crippen LogP contribution in [0.25, 0.3) is 0 Å². The van der Waals surface area contributed by atoms with E-state index >= 15 is 0 Å². The summed E-state index contributed by atoms with van der Waals surface area (Å²) in [6.45, 7) is 2.06. The molecule has 9 heteroatoms. The molecule has 2 amide bonds. The Balaban J connectivity index is 1.36. The molecule has 0 spiro atoms. The van der Waals surface area contributed by atoms with E-state index in [1.807, 2.05) is 0 Å². The fraction of sp³-hybridized carbons (Fsp3) is 0.500. The topological polar surface area (TPSA) is 83.4 Å². The van der Waals surface area contributed by atoms with Crippen molar-refractivity contribution in [3.8, 4) is 0 Å². The number of anilines is 2. The maximum absolute atomic E-state index is 12.4. The molecule has 2 heterocycles. The third-order valence-corrected chi connectivity index (χ3v) is 6.04. The van der Waals surface area contributed by atoms with E-state index in [-0.39, 0.29) is 17.6 Å². The van der Waals surface area contributed by atoms with Gasteiger partial charge in [0.2, 0.25) is 11.9 Å². The number of nitrogens with zero attached hydrogens (tertiary/aromatic N) is 5. The van der Waals surface area contributed by atoms with Gasteiger partial charge in [-0.05, 0) is 49.9 Å². The van der Waals surface area contributed by atoms with Crippen LogP contribution in [0.5, 0.6) is 0 Å². The molecule has 1 aromatic heterocycles. The molecule has 0 atom stereocenters. The van der Waals surface area contributed by atoms with Crippen LogP contribution in [-0.2, 0) is 4.79 Å². The maximum atomic E-state index is 12.4. The van der Waals surface area contributed by atoms with Crippen molar-refractivity contribution in [3.05, 3.63) is 29.8 Å². The van der Waals surface area contributed by atoms with Crippen molar-refractivity contribution in [2.24, 2.45) is 0 Å². The molecule has 8 nitrogen and oxygen atoms in total. The number of hydrogen-bond donors (Lipinski definition) is 1. The highest BCUT2D eigenvalue weighted by molar-refractivity contribution is 7.99. The molecule has 1 N–H and O–H groups in total. The average Bonchev–Trinajstić information content (AvgIpc) is 3.23. The lowest BCUT2D eigenvalue weighted by atomic mass is 10.2. The molecule has 2 aromatic rings. The summed E-state index contributed by atoms with van der Waals surface area (Å²) in [5.41, 5.74) is 1.27. The highest BCUT2D eigenvalue weighted by Crippen LogP contribution is 2.41. The third-order valence-electron chi connectivity index (χ3n) is 5.10. The van der Waals surface area contributed by atoms with Crippen molar-refractivity contribution >= 4 is 35.2 Å². The lowest BCUT2D eigenvalue weighted by Gasteiger charge is -2.17. The number of aromatic nitrogens is 3. The van der Waals surface area contributed by atoms with E-state index in [9.17, 15) is 9.59 Å². The lowest BCUT2D eigenvalue weighted by Crippen LogP contribution is -2.22. The van der Waals surface area contributed by atoms with Gasteiger partial charge < -0.3 is 15.1 Å². The molecule has 0 bridgehead atoms. The van der Waals surface area contributed by atoms with Crippen LogP contribution in [0.2, 0.25) is 0 Å². The normalized spacial score (nSPS) is 16.1. The Morgan fingerprint density at radius 2 is 1.83 bits per heavy atom. The van der Waals surface area contributed by atoms with Crippen LogP contribution in [0, 0.1) is 0 Å². The minimum atomic E-state index is -0.102. The minimum Gasteiger partial charge on any atom is -0.345 e. The summed E-state index contributed by atoms with van der Waals surface area (Å²) in [4.78, 5) is 28.2. The average molecular weight is 415 g/mol. The Kier molecular flexibility index (Phi) is 5.75. The molecule has 154 valence electrons. The number of carbonyl (C=O) groups is 2. The van der Waals surface area contributed by atoms with Crippen molar-refractivity contribution in [2.45, 2.75) is 36.9 Å². The molecular weight excluding hydrogens is 388 g/mol. The maximum Gasteiger partial charge on any atom is 0.253 e. The third kappa shape index (κ3) is 4.55. The summed E-state index contributed by atoms with van der Waals surface area (Å²) < 4.78 is 2.21. The van der Waals surface area contributed by atoms with Gasteiger partial charge in [-0.3, -0.25) is 14.2 Å². The predicted molar refractivity (Wildman–Crippen MR) is 114 cm³/mol. The van der Waals surface area contributed by atoms with E-state index in [0.717, 1.165) is 37.0 Å². The number of benzene rings is 1. The summed E-state index contributed by atoms with van der Waals surface area (Å²) in [5, 5.41) is 12.5. The summed E-state index contributed by atoms with van der Waals surface area (Å²) >= 11 is 1.42. The zero-order chi connectivity index (χ0) is 20.4. The van der Waals surface area contributed by atoms with Crippen LogP contribution in [-0.4, -0.2) is 64.4 Å². The molecule has 1 saturated heterocycles. The van der Waals surface area contributed by atoms with Crippen molar-refractivity contribution in [2.75, 3.05) is 43.2 Å². The van der Waals surface area contributed by atoms with E-state index in [4.69, 9.17) is 0 Å². The molecule has 1 aliphatic heterocycles. The van der Waals surface area contributed by atoms with Gasteiger partial charge in [0.25, 0.3) is 5.91 Å². The van der Waals surface area contributed by atoms with E-state index < -0.39 is 0 Å². The summed E-state index contributed by atoms with van der Waals surface area (Å²) in [5.74, 6) is 1.05. The quantitative estimate of drug-likeness (QED) is 0.702. The first-order chi connectivity index (χ1) is 14.0. The van der Waals surface area contributed by atoms with Crippen molar-refractivity contribution < 1.29 is 9.59 Å². The van der Waals surface area contributed by atoms with Crippen LogP contribution in [0.1, 0.15) is 42.1 Å². The number of amides is 2. The second kappa shape index (κ2) is 8.44. The minimum absolute atomic E-state index is 0.0633. The standard InChI is InChI=1S/C20H26N6O2S/c1-24(2)18(28)14-5-7-15(8-6-14)21-17(27)13-29-20-23-22-19(25-11-3-4-12-25)26(20)16-9-10-16/h5-8,16H,3-4,9-13H2,1-2H3,(H,21,27). The number of thioether (sulfide) groups is 1. The zero-order valence-corrected chi connectivity index (χ0v) is 17.6. The smallest absolute Gasteiger partial charge is 0.253 e. The van der Waals surface area contributed by atoms with Crippen LogP contribution in [0.3, 0.4) is 0 Å². The molecule has 4 rings (SSSR count). The monoisotopic (exact) mass is 414 g/mol. The van der Waals surface area contributed by atoms with Crippen molar-refractivity contribution in [1.82, 2.24) is 19.7 Å². The number of rotatable bonds is 7. The zero-order valence-electron chi connectivity index (χ0n) is 16.8. The number of hydrogen-bond acceptors (Lipinski definition) is 6. The molecule has 0 radical (unpaired) electrons. The Morgan fingerprint density at radius 1 is 1.14 bits per heavy atom. The van der Waals surface area contributed by atoms with Crippen molar-refractivity contribution in [1.29, 1.82) is 0 Å². The van der Waals surface area contributed by atoms with E-state index in [1.165, 1.54) is 29.5 Å². The largest absolute Gasteiger partial charge is 0.345 e. The molecular formula is C20H26N6O2S. The Labute approximate surface area is 174 Å². The van der Waals surface area contributed by atoms with Gasteiger partial charge in [-0.2, -0.15) is 0 Å². The Bertz CT molecular complexity index is 885. The predicted octanol–water partition coefficient (Wildman–Crippen LogP) is 2.65. The van der Waals surface area contributed by atoms with Gasteiger partial charge >= 0.3 is 0 Å². The first-order valence-corrected chi connectivity index (χ1v) is 11.0. The van der Waals surface area contributed by atoms with Gasteiger partial charge in [0.1, 0.15) is 0 Å². The van der Waals surface area contributed by atoms with Gasteiger partial charge in [0, 0.05) is 44.5 Å². The first-order valence-electron chi connectivity index (χ1n) is 9.97. The van der Waals surface area contributed by atoms with Crippen molar-refractivity contribution in [3.63, 3.8) is 0 Å². The lowest BCUT2D eigenvalue weighted by molar-refractivity contribution is -0.113. The van der Waals surface area contributed by atoms with Crippen LogP contribution < -0.4 is 10.2 Å². The summed E-state index contributed by atoms with van der Waals surface area (Å²) in [6, 6.07) is 7.40. The van der Waals surface area contributed by atoms with Gasteiger partial charge in [-0.15, -0.1) is 10.2 Å². The molecule has 0 unspecified atom stereocenters. The number of nitrogens with one attached hydrogen (secondary N) is 1. The van der Waals surface area contributed by atoms with Gasteiger partial charge in [-0.25, -0.2) is 0 Å². The van der Waals surface area contributed by atoms with Crippen LogP contribution in [0.15, 0.2) is 29.4 Å². The highest BCUT2D eigenvalue weighted by Gasteiger charge is 2.32. The first kappa shape index (κ1) is 19.8. The van der Waals surface area contributed by atoms with E-state index in [0.29, 0.717) is 17.3 Å². The molecule has 1 aliphatic carbocycles. The van der Waals surface area contributed by atoms with Gasteiger partial charge in [0.05, 0.1) is 5.75 Å². The van der Waals surface area contributed by atoms with Crippen LogP contribution in [0.4, 0.5) is 11.6 Å².